The third-order valence-electron chi connectivity index (χ3n) is 4.81. The van der Waals surface area contributed by atoms with E-state index in [1.54, 1.807) is 6.92 Å². The van der Waals surface area contributed by atoms with Crippen LogP contribution in [0.25, 0.3) is 28.4 Å². The molecule has 0 unspecified atom stereocenters. The molecule has 0 amide bonds. The lowest BCUT2D eigenvalue weighted by Crippen LogP contribution is -2.07. The van der Waals surface area contributed by atoms with Crippen LogP contribution in [-0.2, 0) is 0 Å². The molecule has 4 aromatic heterocycles. The Morgan fingerprint density at radius 1 is 1.12 bits per heavy atom. The summed E-state index contributed by atoms with van der Waals surface area (Å²) in [6.07, 6.45) is 2.75. The fourth-order valence-electron chi connectivity index (χ4n) is 3.44. The van der Waals surface area contributed by atoms with E-state index in [1.807, 2.05) is 0 Å². The predicted molar refractivity (Wildman–Crippen MR) is 107 cm³/mol. The normalized spacial score (nSPS) is 11.3. The SMILES string of the molecule is Cc1ccc(C(=O)c2c(O)c(O)n(-c3ncc4[nH]cnc4n3)c2-c2cc(F)cc(F)c2)o1. The number of carbonyl (C=O) groups is 1. The third kappa shape index (κ3) is 2.98. The Balaban J connectivity index is 1.84. The van der Waals surface area contributed by atoms with Crippen molar-refractivity contribution >= 4 is 16.9 Å². The first-order valence-electron chi connectivity index (χ1n) is 9.24. The minimum atomic E-state index is -0.928. The number of hydrogen-bond donors (Lipinski definition) is 3. The average Bonchev–Trinajstić information content (AvgIpc) is 3.45. The smallest absolute Gasteiger partial charge is 0.243 e. The molecule has 1 aromatic carbocycles. The summed E-state index contributed by atoms with van der Waals surface area (Å²) < 4.78 is 34.4. The molecular formula is C21H13F2N5O4. The van der Waals surface area contributed by atoms with Crippen LogP contribution in [0.3, 0.4) is 0 Å². The highest BCUT2D eigenvalue weighted by molar-refractivity contribution is 6.13. The van der Waals surface area contributed by atoms with Gasteiger partial charge in [-0.1, -0.05) is 0 Å². The van der Waals surface area contributed by atoms with Gasteiger partial charge in [0.05, 0.1) is 23.8 Å². The summed E-state index contributed by atoms with van der Waals surface area (Å²) >= 11 is 0. The topological polar surface area (TPSA) is 130 Å². The van der Waals surface area contributed by atoms with Crippen molar-refractivity contribution in [2.24, 2.45) is 0 Å². The average molecular weight is 437 g/mol. The molecule has 0 aliphatic carbocycles. The number of aromatic amines is 1. The summed E-state index contributed by atoms with van der Waals surface area (Å²) in [5.74, 6) is -4.19. The number of nitrogens with one attached hydrogen (secondary N) is 1. The van der Waals surface area contributed by atoms with Crippen molar-refractivity contribution in [2.75, 3.05) is 0 Å². The summed E-state index contributed by atoms with van der Waals surface area (Å²) in [4.78, 5) is 28.3. The zero-order valence-corrected chi connectivity index (χ0v) is 16.3. The minimum absolute atomic E-state index is 0.142. The van der Waals surface area contributed by atoms with Gasteiger partial charge >= 0.3 is 0 Å². The standard InChI is InChI=1S/C21H13F2N5O4/c1-9-2-3-14(32-9)17(29)15-16(10-4-11(22)6-12(23)5-10)28(20(31)18(15)30)21-24-7-13-19(27-21)26-8-25-13/h2-8,30-31H,1H3,(H,24,25,26,27). The number of H-pyrrole nitrogens is 1. The van der Waals surface area contributed by atoms with E-state index >= 15 is 0 Å². The minimum Gasteiger partial charge on any atom is -0.503 e. The molecule has 0 saturated heterocycles. The molecule has 5 rings (SSSR count). The molecule has 0 atom stereocenters. The van der Waals surface area contributed by atoms with Gasteiger partial charge < -0.3 is 19.6 Å². The first-order valence-corrected chi connectivity index (χ1v) is 9.24. The zero-order valence-electron chi connectivity index (χ0n) is 16.3. The number of fused-ring (bicyclic) bond motifs is 1. The molecule has 0 aliphatic rings. The van der Waals surface area contributed by atoms with Crippen molar-refractivity contribution in [3.8, 4) is 28.8 Å². The zero-order chi connectivity index (χ0) is 22.6. The number of benzene rings is 1. The molecule has 0 bridgehead atoms. The van der Waals surface area contributed by atoms with Gasteiger partial charge in [0.15, 0.2) is 17.2 Å². The van der Waals surface area contributed by atoms with Crippen LogP contribution in [0.1, 0.15) is 21.9 Å². The highest BCUT2D eigenvalue weighted by Crippen LogP contribution is 2.43. The van der Waals surface area contributed by atoms with Crippen LogP contribution < -0.4 is 0 Å². The Labute approximate surface area is 177 Å². The molecule has 3 N–H and O–H groups in total. The maximum Gasteiger partial charge on any atom is 0.243 e. The Kier molecular flexibility index (Phi) is 4.26. The Morgan fingerprint density at radius 3 is 2.56 bits per heavy atom. The lowest BCUT2D eigenvalue weighted by molar-refractivity contribution is 0.101. The van der Waals surface area contributed by atoms with Crippen LogP contribution in [0, 0.1) is 18.6 Å². The van der Waals surface area contributed by atoms with Crippen LogP contribution in [0.2, 0.25) is 0 Å². The van der Waals surface area contributed by atoms with Gasteiger partial charge in [-0.2, -0.15) is 4.98 Å². The molecular weight excluding hydrogens is 424 g/mol. The Morgan fingerprint density at radius 2 is 1.88 bits per heavy atom. The van der Waals surface area contributed by atoms with Crippen molar-refractivity contribution in [1.29, 1.82) is 0 Å². The molecule has 32 heavy (non-hydrogen) atoms. The van der Waals surface area contributed by atoms with Gasteiger partial charge in [-0.3, -0.25) is 4.79 Å². The van der Waals surface area contributed by atoms with E-state index in [2.05, 4.69) is 19.9 Å². The van der Waals surface area contributed by atoms with Crippen molar-refractivity contribution in [3.63, 3.8) is 0 Å². The monoisotopic (exact) mass is 437 g/mol. The number of imidazole rings is 1. The number of halogens is 2. The molecule has 0 radical (unpaired) electrons. The van der Waals surface area contributed by atoms with Crippen LogP contribution in [-0.4, -0.2) is 40.5 Å². The molecule has 5 aromatic rings. The van der Waals surface area contributed by atoms with E-state index in [0.717, 1.165) is 16.7 Å². The quantitative estimate of drug-likeness (QED) is 0.366. The van der Waals surface area contributed by atoms with E-state index in [4.69, 9.17) is 4.42 Å². The second-order valence-corrected chi connectivity index (χ2v) is 6.94. The summed E-state index contributed by atoms with van der Waals surface area (Å²) in [6.45, 7) is 1.62. The lowest BCUT2D eigenvalue weighted by Gasteiger charge is -2.10. The predicted octanol–water partition coefficient (Wildman–Crippen LogP) is 3.63. The second kappa shape index (κ2) is 7.01. The number of furan rings is 1. The second-order valence-electron chi connectivity index (χ2n) is 6.94. The van der Waals surface area contributed by atoms with Crippen LogP contribution >= 0.6 is 0 Å². The van der Waals surface area contributed by atoms with Gasteiger partial charge in [-0.25, -0.2) is 23.3 Å². The maximum absolute atomic E-state index is 14.1. The van der Waals surface area contributed by atoms with Gasteiger partial charge in [-0.15, -0.1) is 0 Å². The molecule has 4 heterocycles. The number of hydrogen-bond acceptors (Lipinski definition) is 7. The molecule has 160 valence electrons. The number of aryl methyl sites for hydroxylation is 1. The summed E-state index contributed by atoms with van der Waals surface area (Å²) in [7, 11) is 0. The van der Waals surface area contributed by atoms with Crippen molar-refractivity contribution < 1.29 is 28.2 Å². The van der Waals surface area contributed by atoms with Crippen LogP contribution in [0.4, 0.5) is 8.78 Å². The fourth-order valence-corrected chi connectivity index (χ4v) is 3.44. The van der Waals surface area contributed by atoms with E-state index in [0.29, 0.717) is 17.3 Å². The molecule has 0 saturated carbocycles. The highest BCUT2D eigenvalue weighted by Gasteiger charge is 2.32. The number of carbonyl (C=O) groups excluding carboxylic acids is 1. The largest absolute Gasteiger partial charge is 0.503 e. The first-order chi connectivity index (χ1) is 15.3. The van der Waals surface area contributed by atoms with Crippen LogP contribution in [0.5, 0.6) is 11.6 Å². The highest BCUT2D eigenvalue weighted by atomic mass is 19.1. The lowest BCUT2D eigenvalue weighted by atomic mass is 10.0. The summed E-state index contributed by atoms with van der Waals surface area (Å²) in [5, 5.41) is 21.4. The van der Waals surface area contributed by atoms with E-state index in [9.17, 15) is 23.8 Å². The van der Waals surface area contributed by atoms with E-state index in [-0.39, 0.29) is 28.6 Å². The molecule has 11 heteroatoms. The number of nitrogens with zero attached hydrogens (tertiary/aromatic N) is 4. The third-order valence-corrected chi connectivity index (χ3v) is 4.81. The molecule has 0 spiro atoms. The molecule has 0 fully saturated rings. The number of aromatic hydroxyl groups is 2. The maximum atomic E-state index is 14.1. The fraction of sp³-hybridized carbons (Fsp3) is 0.0476. The van der Waals surface area contributed by atoms with E-state index < -0.39 is 34.6 Å². The Bertz CT molecular complexity index is 1500. The molecule has 0 aliphatic heterocycles. The number of aromatic nitrogens is 5. The van der Waals surface area contributed by atoms with Gasteiger partial charge in [0, 0.05) is 11.6 Å². The van der Waals surface area contributed by atoms with Gasteiger partial charge in [0.25, 0.3) is 0 Å². The summed E-state index contributed by atoms with van der Waals surface area (Å²) in [6, 6.07) is 5.47. The van der Waals surface area contributed by atoms with Gasteiger partial charge in [0.2, 0.25) is 17.6 Å². The van der Waals surface area contributed by atoms with E-state index in [1.165, 1.54) is 24.7 Å². The Hall–Kier alpha value is -4.54. The van der Waals surface area contributed by atoms with Gasteiger partial charge in [0.1, 0.15) is 22.9 Å². The molecule has 9 nitrogen and oxygen atoms in total. The van der Waals surface area contributed by atoms with Crippen molar-refractivity contribution in [3.05, 3.63) is 71.6 Å². The summed E-state index contributed by atoms with van der Waals surface area (Å²) in [5.41, 5.74) is -0.0887. The first kappa shape index (κ1) is 19.4. The number of ketones is 1. The van der Waals surface area contributed by atoms with Crippen molar-refractivity contribution in [1.82, 2.24) is 24.5 Å². The van der Waals surface area contributed by atoms with Crippen molar-refractivity contribution in [2.45, 2.75) is 6.92 Å². The van der Waals surface area contributed by atoms with Crippen LogP contribution in [0.15, 0.2) is 47.3 Å². The van der Waals surface area contributed by atoms with Gasteiger partial charge in [-0.05, 0) is 31.2 Å². The number of rotatable bonds is 4.